The van der Waals surface area contributed by atoms with E-state index >= 15 is 0 Å². The van der Waals surface area contributed by atoms with E-state index in [2.05, 4.69) is 280 Å². The van der Waals surface area contributed by atoms with Crippen molar-refractivity contribution < 1.29 is 0 Å². The summed E-state index contributed by atoms with van der Waals surface area (Å²) in [7, 11) is -2.85. The van der Waals surface area contributed by atoms with Gasteiger partial charge in [-0.15, -0.1) is 0 Å². The summed E-state index contributed by atoms with van der Waals surface area (Å²) >= 11 is 0. The zero-order valence-electron chi connectivity index (χ0n) is 38.7. The molecule has 0 fully saturated rings. The average molecular weight is 886 g/mol. The van der Waals surface area contributed by atoms with Crippen LogP contribution in [-0.2, 0) is 5.41 Å². The van der Waals surface area contributed by atoms with Crippen molar-refractivity contribution in [1.82, 2.24) is 0 Å². The smallest absolute Gasteiger partial charge is 0.179 e. The van der Waals surface area contributed by atoms with Crippen LogP contribution in [0.2, 0.25) is 0 Å². The third-order valence-electron chi connectivity index (χ3n) is 14.7. The standard InChI is InChI=1S/C66H51NSi/c1-46-21-36-58(37-22-46)68(60-40-29-48-15-7-9-17-53(48)43-60,61-41-30-49-16-8-10-18-54(49)44-61)59-38-27-52(28-39-59)51-25-33-56(34-26-51)67(55-31-23-50(24-32-55)47-13-5-4-6-14-47)57-35-42-63-62-19-11-12-20-64(62)66(2,3)65(63)45-57/h4-45H,1-3H3. The molecule has 1 aliphatic rings. The Morgan fingerprint density at radius 1 is 0.309 bits per heavy atom. The van der Waals surface area contributed by atoms with Crippen molar-refractivity contribution in [3.05, 3.63) is 271 Å². The summed E-state index contributed by atoms with van der Waals surface area (Å²) in [5.74, 6) is 0. The highest BCUT2D eigenvalue weighted by molar-refractivity contribution is 7.20. The topological polar surface area (TPSA) is 3.24 Å². The Morgan fingerprint density at radius 2 is 0.721 bits per heavy atom. The van der Waals surface area contributed by atoms with Crippen molar-refractivity contribution in [3.8, 4) is 33.4 Å². The van der Waals surface area contributed by atoms with Crippen LogP contribution in [0.4, 0.5) is 17.1 Å². The van der Waals surface area contributed by atoms with Crippen molar-refractivity contribution in [1.29, 1.82) is 0 Å². The van der Waals surface area contributed by atoms with Gasteiger partial charge in [0, 0.05) is 22.5 Å². The fraction of sp³-hybridized carbons (Fsp3) is 0.0606. The second-order valence-electron chi connectivity index (χ2n) is 19.0. The first-order valence-electron chi connectivity index (χ1n) is 23.8. The lowest BCUT2D eigenvalue weighted by atomic mass is 9.82. The van der Waals surface area contributed by atoms with E-state index in [4.69, 9.17) is 0 Å². The van der Waals surface area contributed by atoms with Gasteiger partial charge in [-0.25, -0.2) is 0 Å². The van der Waals surface area contributed by atoms with Crippen LogP contribution in [-0.4, -0.2) is 8.07 Å². The van der Waals surface area contributed by atoms with Gasteiger partial charge in [-0.1, -0.05) is 238 Å². The van der Waals surface area contributed by atoms with Gasteiger partial charge in [-0.2, -0.15) is 0 Å². The number of nitrogens with zero attached hydrogens (tertiary/aromatic N) is 1. The summed E-state index contributed by atoms with van der Waals surface area (Å²) < 4.78 is 0. The van der Waals surface area contributed by atoms with Crippen LogP contribution in [0, 0.1) is 6.92 Å². The Bertz CT molecular complexity index is 3550. The molecule has 0 amide bonds. The van der Waals surface area contributed by atoms with E-state index < -0.39 is 8.07 Å². The van der Waals surface area contributed by atoms with Crippen molar-refractivity contribution in [2.24, 2.45) is 0 Å². The Morgan fingerprint density at radius 3 is 1.28 bits per heavy atom. The zero-order chi connectivity index (χ0) is 45.8. The van der Waals surface area contributed by atoms with E-state index in [9.17, 15) is 0 Å². The average Bonchev–Trinajstić information content (AvgIpc) is 3.63. The molecule has 324 valence electrons. The molecule has 68 heavy (non-hydrogen) atoms. The summed E-state index contributed by atoms with van der Waals surface area (Å²) in [6.07, 6.45) is 0. The second-order valence-corrected chi connectivity index (χ2v) is 22.8. The van der Waals surface area contributed by atoms with Crippen LogP contribution >= 0.6 is 0 Å². The molecule has 0 aliphatic heterocycles. The normalized spacial score (nSPS) is 12.8. The fourth-order valence-corrected chi connectivity index (χ4v) is 15.8. The van der Waals surface area contributed by atoms with Gasteiger partial charge < -0.3 is 4.90 Å². The lowest BCUT2D eigenvalue weighted by Gasteiger charge is -2.35. The molecular weight excluding hydrogens is 835 g/mol. The maximum atomic E-state index is 2.46. The molecule has 11 aromatic carbocycles. The minimum atomic E-state index is -2.85. The van der Waals surface area contributed by atoms with E-state index in [0.717, 1.165) is 17.1 Å². The van der Waals surface area contributed by atoms with E-state index in [1.807, 2.05) is 0 Å². The Balaban J connectivity index is 0.963. The van der Waals surface area contributed by atoms with Gasteiger partial charge in [0.2, 0.25) is 0 Å². The maximum absolute atomic E-state index is 2.85. The van der Waals surface area contributed by atoms with E-state index in [-0.39, 0.29) is 5.41 Å². The van der Waals surface area contributed by atoms with Crippen LogP contribution in [0.25, 0.3) is 54.9 Å². The Kier molecular flexibility index (Phi) is 10.2. The zero-order valence-corrected chi connectivity index (χ0v) is 39.7. The number of rotatable bonds is 9. The highest BCUT2D eigenvalue weighted by atomic mass is 28.3. The maximum Gasteiger partial charge on any atom is 0.179 e. The van der Waals surface area contributed by atoms with Crippen LogP contribution < -0.4 is 25.6 Å². The lowest BCUT2D eigenvalue weighted by molar-refractivity contribution is 0.660. The van der Waals surface area contributed by atoms with Gasteiger partial charge in [-0.05, 0) is 130 Å². The first-order chi connectivity index (χ1) is 33.3. The van der Waals surface area contributed by atoms with Gasteiger partial charge in [0.1, 0.15) is 0 Å². The van der Waals surface area contributed by atoms with Crippen molar-refractivity contribution in [3.63, 3.8) is 0 Å². The summed E-state index contributed by atoms with van der Waals surface area (Å²) in [6.45, 7) is 6.90. The molecule has 0 radical (unpaired) electrons. The number of hydrogen-bond acceptors (Lipinski definition) is 1. The molecule has 1 nitrogen and oxygen atoms in total. The summed E-state index contributed by atoms with van der Waals surface area (Å²) in [5, 5.41) is 10.5. The number of fused-ring (bicyclic) bond motifs is 5. The predicted octanol–water partition coefficient (Wildman–Crippen LogP) is 14.8. The molecule has 2 heteroatoms. The van der Waals surface area contributed by atoms with Crippen LogP contribution in [0.3, 0.4) is 0 Å². The molecule has 0 saturated heterocycles. The second kappa shape index (κ2) is 16.7. The molecule has 0 N–H and O–H groups in total. The van der Waals surface area contributed by atoms with Crippen LogP contribution in [0.5, 0.6) is 0 Å². The molecule has 0 bridgehead atoms. The third-order valence-corrected chi connectivity index (χ3v) is 19.4. The molecule has 0 atom stereocenters. The lowest BCUT2D eigenvalue weighted by Crippen LogP contribution is -2.74. The van der Waals surface area contributed by atoms with E-state index in [1.165, 1.54) is 92.4 Å². The number of aryl methyl sites for hydroxylation is 1. The molecule has 0 saturated carbocycles. The van der Waals surface area contributed by atoms with Gasteiger partial charge in [-0.3, -0.25) is 0 Å². The van der Waals surface area contributed by atoms with Crippen molar-refractivity contribution >= 4 is 67.4 Å². The monoisotopic (exact) mass is 885 g/mol. The molecule has 0 unspecified atom stereocenters. The number of benzene rings is 11. The quantitative estimate of drug-likeness (QED) is 0.103. The minimum absolute atomic E-state index is 0.108. The van der Waals surface area contributed by atoms with Crippen LogP contribution in [0.1, 0.15) is 30.5 Å². The van der Waals surface area contributed by atoms with Gasteiger partial charge in [0.25, 0.3) is 0 Å². The van der Waals surface area contributed by atoms with Crippen molar-refractivity contribution in [2.45, 2.75) is 26.2 Å². The summed E-state index contributed by atoms with van der Waals surface area (Å²) in [4.78, 5) is 2.41. The van der Waals surface area contributed by atoms with Gasteiger partial charge in [0.15, 0.2) is 8.07 Å². The largest absolute Gasteiger partial charge is 0.310 e. The molecule has 0 spiro atoms. The molecule has 0 aromatic heterocycles. The SMILES string of the molecule is Cc1ccc([Si](c2ccc(-c3ccc(N(c4ccc(-c5ccccc5)cc4)c4ccc5c(c4)C(C)(C)c4ccccc4-5)cc3)cc2)(c2ccc3ccccc3c2)c2ccc3ccccc3c2)cc1. The fourth-order valence-electron chi connectivity index (χ4n) is 11.1. The third kappa shape index (κ3) is 6.99. The number of anilines is 3. The van der Waals surface area contributed by atoms with E-state index in [1.54, 1.807) is 0 Å². The predicted molar refractivity (Wildman–Crippen MR) is 293 cm³/mol. The van der Waals surface area contributed by atoms with E-state index in [0.29, 0.717) is 0 Å². The highest BCUT2D eigenvalue weighted by Gasteiger charge is 2.42. The summed E-state index contributed by atoms with van der Waals surface area (Å²) in [6, 6.07) is 95.5. The molecular formula is C66H51NSi. The Labute approximate surface area is 401 Å². The summed E-state index contributed by atoms with van der Waals surface area (Å²) in [5.41, 5.74) is 14.7. The van der Waals surface area contributed by atoms with Gasteiger partial charge >= 0.3 is 0 Å². The molecule has 1 aliphatic carbocycles. The molecule has 0 heterocycles. The minimum Gasteiger partial charge on any atom is -0.310 e. The van der Waals surface area contributed by atoms with Crippen molar-refractivity contribution in [2.75, 3.05) is 4.90 Å². The highest BCUT2D eigenvalue weighted by Crippen LogP contribution is 2.50. The molecule has 11 aromatic rings. The first kappa shape index (κ1) is 41.4. The Hall–Kier alpha value is -8.04. The first-order valence-corrected chi connectivity index (χ1v) is 25.8. The number of hydrogen-bond donors (Lipinski definition) is 0. The van der Waals surface area contributed by atoms with Crippen LogP contribution in [0.15, 0.2) is 255 Å². The van der Waals surface area contributed by atoms with Gasteiger partial charge in [0.05, 0.1) is 0 Å². The molecule has 12 rings (SSSR count).